The molecule has 0 rings (SSSR count). The number of aliphatic hydroxyl groups is 2. The standard InChI is InChI=1S/C69H137NO5/c1-3-5-7-9-11-13-15-17-19-20-21-24-27-30-34-37-41-45-49-53-57-61-67(72)66(65-71)70-68(73)62-58-54-50-46-42-38-35-31-28-25-22-23-26-29-32-36-40-44-48-52-56-60-64-75-69(74)63-59-55-51-47-43-39-33-18-16-14-12-10-8-6-4-2/h66-67,71-72H,3-65H2,1-2H3,(H,70,73). The molecule has 0 aliphatic rings. The third-order valence-corrected chi connectivity index (χ3v) is 16.7. The van der Waals surface area contributed by atoms with Crippen molar-refractivity contribution in [2.24, 2.45) is 0 Å². The molecule has 0 aromatic heterocycles. The van der Waals surface area contributed by atoms with E-state index in [4.69, 9.17) is 4.74 Å². The SMILES string of the molecule is CCCCCCCCCCCCCCCCCCCCCCCC(O)C(CO)NC(=O)CCCCCCCCCCCCCCCCCCCCCCCCOC(=O)CCCCCCCCCCCCCCCCC. The summed E-state index contributed by atoms with van der Waals surface area (Å²) < 4.78 is 5.50. The lowest BCUT2D eigenvalue weighted by atomic mass is 10.0. The maximum atomic E-state index is 12.5. The fourth-order valence-corrected chi connectivity index (χ4v) is 11.4. The Morgan fingerprint density at radius 3 is 0.813 bits per heavy atom. The van der Waals surface area contributed by atoms with Gasteiger partial charge >= 0.3 is 5.97 Å². The summed E-state index contributed by atoms with van der Waals surface area (Å²) in [5.74, 6) is -0.0120. The van der Waals surface area contributed by atoms with Crippen LogP contribution >= 0.6 is 0 Å². The molecular formula is C69H137NO5. The number of aliphatic hydroxyl groups excluding tert-OH is 2. The predicted molar refractivity (Wildman–Crippen MR) is 329 cm³/mol. The molecule has 0 heterocycles. The largest absolute Gasteiger partial charge is 0.466 e. The van der Waals surface area contributed by atoms with Crippen LogP contribution in [0.15, 0.2) is 0 Å². The van der Waals surface area contributed by atoms with Gasteiger partial charge in [0.05, 0.1) is 25.4 Å². The van der Waals surface area contributed by atoms with Crippen molar-refractivity contribution in [3.63, 3.8) is 0 Å². The van der Waals surface area contributed by atoms with Crippen LogP contribution in [0.3, 0.4) is 0 Å². The summed E-state index contributed by atoms with van der Waals surface area (Å²) in [4.78, 5) is 24.6. The van der Waals surface area contributed by atoms with E-state index < -0.39 is 12.1 Å². The molecule has 0 aliphatic heterocycles. The molecule has 0 saturated carbocycles. The van der Waals surface area contributed by atoms with Crippen molar-refractivity contribution in [2.75, 3.05) is 13.2 Å². The first-order valence-electron chi connectivity index (χ1n) is 34.8. The summed E-state index contributed by atoms with van der Waals surface area (Å²) in [5.41, 5.74) is 0. The van der Waals surface area contributed by atoms with E-state index in [1.807, 2.05) is 0 Å². The highest BCUT2D eigenvalue weighted by Gasteiger charge is 2.20. The first kappa shape index (κ1) is 73.9. The van der Waals surface area contributed by atoms with Gasteiger partial charge in [0.15, 0.2) is 0 Å². The Bertz CT molecular complexity index is 1080. The van der Waals surface area contributed by atoms with E-state index in [-0.39, 0.29) is 18.5 Å². The third-order valence-electron chi connectivity index (χ3n) is 16.7. The van der Waals surface area contributed by atoms with E-state index in [0.29, 0.717) is 25.9 Å². The van der Waals surface area contributed by atoms with Crippen molar-refractivity contribution in [2.45, 2.75) is 418 Å². The predicted octanol–water partition coefficient (Wildman–Crippen LogP) is 22.2. The lowest BCUT2D eigenvalue weighted by molar-refractivity contribution is -0.143. The number of rotatable bonds is 66. The molecule has 2 unspecified atom stereocenters. The van der Waals surface area contributed by atoms with Gasteiger partial charge in [0.25, 0.3) is 0 Å². The Balaban J connectivity index is 3.36. The van der Waals surface area contributed by atoms with Gasteiger partial charge in [0.1, 0.15) is 0 Å². The minimum Gasteiger partial charge on any atom is -0.466 e. The Morgan fingerprint density at radius 2 is 0.547 bits per heavy atom. The van der Waals surface area contributed by atoms with Crippen LogP contribution in [-0.2, 0) is 14.3 Å². The van der Waals surface area contributed by atoms with Gasteiger partial charge in [-0.3, -0.25) is 9.59 Å². The second-order valence-corrected chi connectivity index (χ2v) is 24.2. The van der Waals surface area contributed by atoms with E-state index in [1.165, 1.54) is 334 Å². The lowest BCUT2D eigenvalue weighted by Crippen LogP contribution is -2.45. The van der Waals surface area contributed by atoms with Crippen molar-refractivity contribution >= 4 is 11.9 Å². The minimum atomic E-state index is -0.664. The van der Waals surface area contributed by atoms with E-state index in [0.717, 1.165) is 38.5 Å². The molecule has 0 bridgehead atoms. The lowest BCUT2D eigenvalue weighted by Gasteiger charge is -2.22. The summed E-state index contributed by atoms with van der Waals surface area (Å²) >= 11 is 0. The molecule has 0 saturated heterocycles. The van der Waals surface area contributed by atoms with E-state index in [1.54, 1.807) is 0 Å². The molecule has 448 valence electrons. The number of amides is 1. The zero-order chi connectivity index (χ0) is 54.3. The number of hydrogen-bond acceptors (Lipinski definition) is 5. The van der Waals surface area contributed by atoms with E-state index in [2.05, 4.69) is 19.2 Å². The van der Waals surface area contributed by atoms with Crippen molar-refractivity contribution < 1.29 is 24.5 Å². The summed E-state index contributed by atoms with van der Waals surface area (Å²) in [6.07, 6.45) is 78.5. The zero-order valence-corrected chi connectivity index (χ0v) is 51.3. The van der Waals surface area contributed by atoms with Crippen molar-refractivity contribution in [3.8, 4) is 0 Å². The zero-order valence-electron chi connectivity index (χ0n) is 51.3. The summed E-state index contributed by atoms with van der Waals surface area (Å²) in [5, 5.41) is 23.4. The van der Waals surface area contributed by atoms with Crippen LogP contribution in [0, 0.1) is 0 Å². The molecule has 0 radical (unpaired) electrons. The first-order valence-corrected chi connectivity index (χ1v) is 34.8. The fourth-order valence-electron chi connectivity index (χ4n) is 11.4. The molecule has 2 atom stereocenters. The average Bonchev–Trinajstić information content (AvgIpc) is 3.41. The van der Waals surface area contributed by atoms with Gasteiger partial charge in [-0.15, -0.1) is 0 Å². The van der Waals surface area contributed by atoms with Crippen LogP contribution in [0.5, 0.6) is 0 Å². The molecule has 0 spiro atoms. The number of esters is 1. The van der Waals surface area contributed by atoms with Crippen molar-refractivity contribution in [3.05, 3.63) is 0 Å². The normalized spacial score (nSPS) is 12.4. The van der Waals surface area contributed by atoms with Crippen LogP contribution in [0.4, 0.5) is 0 Å². The Labute approximate surface area is 470 Å². The van der Waals surface area contributed by atoms with Crippen LogP contribution in [0.25, 0.3) is 0 Å². The van der Waals surface area contributed by atoms with Crippen LogP contribution < -0.4 is 5.32 Å². The Morgan fingerprint density at radius 1 is 0.320 bits per heavy atom. The molecule has 1 amide bonds. The highest BCUT2D eigenvalue weighted by atomic mass is 16.5. The molecule has 3 N–H and O–H groups in total. The van der Waals surface area contributed by atoms with Crippen LogP contribution in [-0.4, -0.2) is 47.4 Å². The summed E-state index contributed by atoms with van der Waals surface area (Å²) in [6, 6.07) is -0.541. The van der Waals surface area contributed by atoms with E-state index in [9.17, 15) is 19.8 Å². The number of carbonyl (C=O) groups excluding carboxylic acids is 2. The highest BCUT2D eigenvalue weighted by Crippen LogP contribution is 2.19. The number of hydrogen-bond donors (Lipinski definition) is 3. The van der Waals surface area contributed by atoms with Gasteiger partial charge in [0, 0.05) is 12.8 Å². The highest BCUT2D eigenvalue weighted by molar-refractivity contribution is 5.76. The molecule has 0 aromatic carbocycles. The minimum absolute atomic E-state index is 0.0177. The first-order chi connectivity index (χ1) is 37.0. The molecule has 6 heteroatoms. The third kappa shape index (κ3) is 61.9. The summed E-state index contributed by atoms with van der Waals surface area (Å²) in [6.45, 7) is 5.00. The summed E-state index contributed by atoms with van der Waals surface area (Å²) in [7, 11) is 0. The average molecular weight is 1060 g/mol. The van der Waals surface area contributed by atoms with Gasteiger partial charge in [-0.25, -0.2) is 0 Å². The van der Waals surface area contributed by atoms with Gasteiger partial charge < -0.3 is 20.3 Å². The Kier molecular flexibility index (Phi) is 64.4. The van der Waals surface area contributed by atoms with Gasteiger partial charge in [-0.2, -0.15) is 0 Å². The molecule has 75 heavy (non-hydrogen) atoms. The van der Waals surface area contributed by atoms with Crippen molar-refractivity contribution in [1.82, 2.24) is 5.32 Å². The second kappa shape index (κ2) is 65.4. The van der Waals surface area contributed by atoms with Crippen molar-refractivity contribution in [1.29, 1.82) is 0 Å². The fraction of sp³-hybridized carbons (Fsp3) is 0.971. The van der Waals surface area contributed by atoms with Crippen LogP contribution in [0.1, 0.15) is 406 Å². The van der Waals surface area contributed by atoms with Crippen LogP contribution in [0.2, 0.25) is 0 Å². The smallest absolute Gasteiger partial charge is 0.305 e. The molecule has 0 aromatic rings. The number of nitrogens with one attached hydrogen (secondary N) is 1. The van der Waals surface area contributed by atoms with E-state index >= 15 is 0 Å². The maximum absolute atomic E-state index is 12.5. The second-order valence-electron chi connectivity index (χ2n) is 24.2. The topological polar surface area (TPSA) is 95.9 Å². The van der Waals surface area contributed by atoms with Gasteiger partial charge in [0.2, 0.25) is 5.91 Å². The number of ether oxygens (including phenoxy) is 1. The molecule has 6 nitrogen and oxygen atoms in total. The molecular weight excluding hydrogens is 923 g/mol. The molecule has 0 fully saturated rings. The number of carbonyl (C=O) groups is 2. The maximum Gasteiger partial charge on any atom is 0.305 e. The monoisotopic (exact) mass is 1060 g/mol. The quantitative estimate of drug-likeness (QED) is 0.0417. The number of unbranched alkanes of at least 4 members (excludes halogenated alkanes) is 55. The molecule has 0 aliphatic carbocycles. The van der Waals surface area contributed by atoms with Gasteiger partial charge in [-0.1, -0.05) is 367 Å². The van der Waals surface area contributed by atoms with Gasteiger partial charge in [-0.05, 0) is 25.7 Å². The Hall–Kier alpha value is -1.14.